The summed E-state index contributed by atoms with van der Waals surface area (Å²) in [6, 6.07) is 7.71. The minimum absolute atomic E-state index is 0.550. The zero-order valence-corrected chi connectivity index (χ0v) is 10.9. The van der Waals surface area contributed by atoms with E-state index in [1.807, 2.05) is 28.9 Å². The van der Waals surface area contributed by atoms with Crippen LogP contribution in [0, 0.1) is 4.64 Å². The van der Waals surface area contributed by atoms with E-state index < -0.39 is 0 Å². The summed E-state index contributed by atoms with van der Waals surface area (Å²) in [5, 5.41) is 5.89. The van der Waals surface area contributed by atoms with E-state index in [2.05, 4.69) is 15.1 Å². The molecule has 0 amide bonds. The first-order valence-corrected chi connectivity index (χ1v) is 6.17. The summed E-state index contributed by atoms with van der Waals surface area (Å²) in [7, 11) is 0. The van der Waals surface area contributed by atoms with Crippen LogP contribution in [-0.4, -0.2) is 19.7 Å². The summed E-state index contributed by atoms with van der Waals surface area (Å²) >= 11 is 11.3. The number of hydrogen-bond donors (Lipinski definition) is 1. The van der Waals surface area contributed by atoms with Gasteiger partial charge in [-0.05, 0) is 11.6 Å². The molecule has 0 saturated heterocycles. The number of nitrogens with zero attached hydrogens (tertiary/aromatic N) is 3. The highest BCUT2D eigenvalue weighted by molar-refractivity contribution is 7.71. The lowest BCUT2D eigenvalue weighted by Gasteiger charge is -2.05. The van der Waals surface area contributed by atoms with Gasteiger partial charge in [-0.3, -0.25) is 0 Å². The fourth-order valence-electron chi connectivity index (χ4n) is 1.82. The van der Waals surface area contributed by atoms with Crippen molar-refractivity contribution in [3.63, 3.8) is 0 Å². The molecule has 0 bridgehead atoms. The molecule has 0 aliphatic heterocycles. The summed E-state index contributed by atoms with van der Waals surface area (Å²) in [5.74, 6) is 0. The van der Waals surface area contributed by atoms with Gasteiger partial charge in [0.25, 0.3) is 0 Å². The fourth-order valence-corrected chi connectivity index (χ4v) is 2.22. The molecular formula is C12H9ClN4S. The second kappa shape index (κ2) is 4.51. The highest BCUT2D eigenvalue weighted by Gasteiger charge is 2.06. The van der Waals surface area contributed by atoms with Crippen molar-refractivity contribution in [1.82, 2.24) is 19.7 Å². The molecular weight excluding hydrogens is 268 g/mol. The van der Waals surface area contributed by atoms with Crippen LogP contribution in [0.5, 0.6) is 0 Å². The molecule has 4 nitrogen and oxygen atoms in total. The van der Waals surface area contributed by atoms with Crippen molar-refractivity contribution in [3.05, 3.63) is 52.0 Å². The van der Waals surface area contributed by atoms with Gasteiger partial charge >= 0.3 is 0 Å². The quantitative estimate of drug-likeness (QED) is 0.731. The molecule has 2 heterocycles. The van der Waals surface area contributed by atoms with Gasteiger partial charge in [-0.15, -0.1) is 0 Å². The van der Waals surface area contributed by atoms with Crippen LogP contribution in [-0.2, 0) is 6.54 Å². The molecule has 0 radical (unpaired) electrons. The van der Waals surface area contributed by atoms with Crippen LogP contribution in [0.1, 0.15) is 5.56 Å². The molecule has 1 N–H and O–H groups in total. The Bertz CT molecular complexity index is 762. The van der Waals surface area contributed by atoms with Crippen molar-refractivity contribution in [2.24, 2.45) is 0 Å². The largest absolute Gasteiger partial charge is 0.331 e. The number of nitrogens with one attached hydrogen (secondary N) is 1. The summed E-state index contributed by atoms with van der Waals surface area (Å²) in [6.07, 6.45) is 3.30. The van der Waals surface area contributed by atoms with Gasteiger partial charge in [0, 0.05) is 5.02 Å². The first kappa shape index (κ1) is 11.4. The maximum atomic E-state index is 6.14. The van der Waals surface area contributed by atoms with Crippen molar-refractivity contribution in [1.29, 1.82) is 0 Å². The minimum atomic E-state index is 0.550. The Kier molecular flexibility index (Phi) is 2.85. The summed E-state index contributed by atoms with van der Waals surface area (Å²) in [5.41, 5.74) is 1.87. The van der Waals surface area contributed by atoms with Crippen LogP contribution >= 0.6 is 23.8 Å². The molecule has 2 aromatic heterocycles. The first-order valence-electron chi connectivity index (χ1n) is 5.38. The van der Waals surface area contributed by atoms with Crippen LogP contribution < -0.4 is 0 Å². The molecule has 0 aliphatic rings. The molecule has 0 atom stereocenters. The Morgan fingerprint density at radius 3 is 3.00 bits per heavy atom. The monoisotopic (exact) mass is 276 g/mol. The van der Waals surface area contributed by atoms with Crippen molar-refractivity contribution >= 4 is 34.9 Å². The molecule has 0 spiro atoms. The Morgan fingerprint density at radius 1 is 1.33 bits per heavy atom. The topological polar surface area (TPSA) is 46.5 Å². The number of benzene rings is 1. The van der Waals surface area contributed by atoms with Gasteiger partial charge in [-0.25, -0.2) is 9.67 Å². The number of aromatic nitrogens is 4. The predicted octanol–water partition coefficient (Wildman–Crippen LogP) is 3.19. The van der Waals surface area contributed by atoms with Gasteiger partial charge < -0.3 is 4.98 Å². The number of rotatable bonds is 2. The first-order chi connectivity index (χ1) is 8.75. The lowest BCUT2D eigenvalue weighted by atomic mass is 10.2. The van der Waals surface area contributed by atoms with E-state index in [-0.39, 0.29) is 0 Å². The average Bonchev–Trinajstić information content (AvgIpc) is 2.77. The number of halogens is 1. The van der Waals surface area contributed by atoms with Crippen LogP contribution in [0.3, 0.4) is 0 Å². The van der Waals surface area contributed by atoms with E-state index in [0.29, 0.717) is 11.2 Å². The molecule has 18 heavy (non-hydrogen) atoms. The van der Waals surface area contributed by atoms with Crippen molar-refractivity contribution in [2.45, 2.75) is 6.54 Å². The van der Waals surface area contributed by atoms with Gasteiger partial charge in [0.15, 0.2) is 0 Å². The van der Waals surface area contributed by atoms with E-state index in [0.717, 1.165) is 21.6 Å². The highest BCUT2D eigenvalue weighted by atomic mass is 35.5. The average molecular weight is 277 g/mol. The van der Waals surface area contributed by atoms with E-state index in [9.17, 15) is 0 Å². The highest BCUT2D eigenvalue weighted by Crippen LogP contribution is 2.18. The van der Waals surface area contributed by atoms with Gasteiger partial charge in [-0.1, -0.05) is 42.0 Å². The molecule has 3 aromatic rings. The van der Waals surface area contributed by atoms with Crippen LogP contribution in [0.25, 0.3) is 11.0 Å². The maximum Gasteiger partial charge on any atom is 0.140 e. The van der Waals surface area contributed by atoms with Gasteiger partial charge in [0.2, 0.25) is 0 Å². The normalized spacial score (nSPS) is 10.9. The van der Waals surface area contributed by atoms with Gasteiger partial charge in [0.05, 0.1) is 24.5 Å². The third-order valence-electron chi connectivity index (χ3n) is 2.73. The molecule has 0 fully saturated rings. The van der Waals surface area contributed by atoms with Gasteiger partial charge in [0.1, 0.15) is 10.3 Å². The molecule has 6 heteroatoms. The Hall–Kier alpha value is -1.72. The Balaban J connectivity index is 2.09. The zero-order chi connectivity index (χ0) is 12.5. The zero-order valence-electron chi connectivity index (χ0n) is 9.30. The molecule has 0 saturated carbocycles. The number of fused-ring (bicyclic) bond motifs is 1. The SMILES string of the molecule is S=c1nc[nH]c2c1cnn2Cc1ccccc1Cl. The van der Waals surface area contributed by atoms with E-state index >= 15 is 0 Å². The van der Waals surface area contributed by atoms with E-state index in [4.69, 9.17) is 23.8 Å². The number of H-pyrrole nitrogens is 1. The van der Waals surface area contributed by atoms with E-state index in [1.165, 1.54) is 0 Å². The Morgan fingerprint density at radius 2 is 2.17 bits per heavy atom. The standard InChI is InChI=1S/C12H9ClN4S/c13-10-4-2-1-3-8(10)6-17-11-9(5-16-17)12(18)15-7-14-11/h1-5,7H,6H2,(H,14,15,18). The fraction of sp³-hybridized carbons (Fsp3) is 0.0833. The molecule has 1 aromatic carbocycles. The minimum Gasteiger partial charge on any atom is -0.331 e. The number of hydrogen-bond acceptors (Lipinski definition) is 3. The summed E-state index contributed by atoms with van der Waals surface area (Å²) in [4.78, 5) is 7.08. The third kappa shape index (κ3) is 1.91. The van der Waals surface area contributed by atoms with E-state index in [1.54, 1.807) is 12.5 Å². The third-order valence-corrected chi connectivity index (χ3v) is 3.42. The molecule has 0 unspecified atom stereocenters. The lowest BCUT2D eigenvalue weighted by Crippen LogP contribution is -2.03. The van der Waals surface area contributed by atoms with Crippen LogP contribution in [0.2, 0.25) is 5.02 Å². The van der Waals surface area contributed by atoms with Crippen molar-refractivity contribution < 1.29 is 0 Å². The maximum absolute atomic E-state index is 6.14. The molecule has 0 aliphatic carbocycles. The predicted molar refractivity (Wildman–Crippen MR) is 73.3 cm³/mol. The van der Waals surface area contributed by atoms with Crippen molar-refractivity contribution in [2.75, 3.05) is 0 Å². The van der Waals surface area contributed by atoms with Crippen LogP contribution in [0.4, 0.5) is 0 Å². The summed E-state index contributed by atoms with van der Waals surface area (Å²) < 4.78 is 2.38. The second-order valence-corrected chi connectivity index (χ2v) is 4.66. The van der Waals surface area contributed by atoms with Gasteiger partial charge in [-0.2, -0.15) is 5.10 Å². The second-order valence-electron chi connectivity index (χ2n) is 3.86. The lowest BCUT2D eigenvalue weighted by molar-refractivity contribution is 0.704. The summed E-state index contributed by atoms with van der Waals surface area (Å²) in [6.45, 7) is 0.596. The van der Waals surface area contributed by atoms with Crippen LogP contribution in [0.15, 0.2) is 36.8 Å². The molecule has 3 rings (SSSR count). The van der Waals surface area contributed by atoms with Crippen molar-refractivity contribution in [3.8, 4) is 0 Å². The Labute approximate surface area is 113 Å². The smallest absolute Gasteiger partial charge is 0.140 e. The molecule has 90 valence electrons. The number of aromatic amines is 1.